The number of nitrogens with zero attached hydrogens (tertiary/aromatic N) is 4. The summed E-state index contributed by atoms with van der Waals surface area (Å²) in [6.07, 6.45) is 4.84. The van der Waals surface area contributed by atoms with Crippen LogP contribution < -0.4 is 15.4 Å². The van der Waals surface area contributed by atoms with Gasteiger partial charge in [-0.15, -0.1) is 0 Å². The van der Waals surface area contributed by atoms with Crippen LogP contribution in [0.15, 0.2) is 36.4 Å². The number of ether oxygens (including phenoxy) is 1. The van der Waals surface area contributed by atoms with E-state index in [1.165, 1.54) is 24.6 Å². The third kappa shape index (κ3) is 12.3. The molecule has 1 aliphatic rings. The molecular formula is C31H54N6O. The molecule has 0 spiro atoms. The van der Waals surface area contributed by atoms with Gasteiger partial charge in [-0.3, -0.25) is 9.80 Å². The predicted molar refractivity (Wildman–Crippen MR) is 165 cm³/mol. The molecule has 7 nitrogen and oxygen atoms in total. The maximum atomic E-state index is 6.92. The lowest BCUT2D eigenvalue weighted by molar-refractivity contribution is 0.0776. The van der Waals surface area contributed by atoms with Crippen molar-refractivity contribution in [2.75, 3.05) is 63.1 Å². The van der Waals surface area contributed by atoms with E-state index in [0.29, 0.717) is 24.3 Å². The SMILES string of the molecule is CC.CCCCN(CCC)c1cc(N)nc(OCCN2CCN(CC)[C@@H](C)C2)c1.Cc1cccc(C=N)c1. The van der Waals surface area contributed by atoms with Crippen molar-refractivity contribution in [3.05, 3.63) is 47.5 Å². The summed E-state index contributed by atoms with van der Waals surface area (Å²) in [4.78, 5) is 11.8. The van der Waals surface area contributed by atoms with Gasteiger partial charge in [0, 0.05) is 69.3 Å². The molecule has 0 saturated carbocycles. The summed E-state index contributed by atoms with van der Waals surface area (Å²) in [6.45, 7) is 23.1. The Hall–Kier alpha value is -2.64. The van der Waals surface area contributed by atoms with Gasteiger partial charge in [0.25, 0.3) is 0 Å². The first-order chi connectivity index (χ1) is 18.4. The Morgan fingerprint density at radius 2 is 1.87 bits per heavy atom. The molecule has 0 bridgehead atoms. The molecule has 214 valence electrons. The van der Waals surface area contributed by atoms with Crippen molar-refractivity contribution in [3.63, 3.8) is 0 Å². The first-order valence-corrected chi connectivity index (χ1v) is 14.6. The van der Waals surface area contributed by atoms with Crippen LogP contribution >= 0.6 is 0 Å². The van der Waals surface area contributed by atoms with Gasteiger partial charge < -0.3 is 20.8 Å². The Morgan fingerprint density at radius 1 is 1.11 bits per heavy atom. The van der Waals surface area contributed by atoms with Gasteiger partial charge in [-0.2, -0.15) is 4.98 Å². The highest BCUT2D eigenvalue weighted by Gasteiger charge is 2.22. The molecule has 3 rings (SSSR count). The molecule has 2 aromatic rings. The number of hydrogen-bond acceptors (Lipinski definition) is 7. The highest BCUT2D eigenvalue weighted by molar-refractivity contribution is 5.76. The van der Waals surface area contributed by atoms with Crippen molar-refractivity contribution < 1.29 is 4.74 Å². The second-order valence-corrected chi connectivity index (χ2v) is 9.61. The lowest BCUT2D eigenvalue weighted by Crippen LogP contribution is -2.52. The first-order valence-electron chi connectivity index (χ1n) is 14.6. The third-order valence-electron chi connectivity index (χ3n) is 6.57. The summed E-state index contributed by atoms with van der Waals surface area (Å²) < 4.78 is 5.98. The number of nitrogens with two attached hydrogens (primary N) is 1. The Balaban J connectivity index is 0.000000548. The summed E-state index contributed by atoms with van der Waals surface area (Å²) in [7, 11) is 0. The number of aromatic nitrogens is 1. The number of likely N-dealkylation sites (N-methyl/N-ethyl adjacent to an activating group) is 1. The second-order valence-electron chi connectivity index (χ2n) is 9.61. The Morgan fingerprint density at radius 3 is 2.45 bits per heavy atom. The van der Waals surface area contributed by atoms with E-state index in [-0.39, 0.29) is 0 Å². The highest BCUT2D eigenvalue weighted by Crippen LogP contribution is 2.23. The van der Waals surface area contributed by atoms with Crippen molar-refractivity contribution in [1.82, 2.24) is 14.8 Å². The van der Waals surface area contributed by atoms with Crippen molar-refractivity contribution in [3.8, 4) is 5.88 Å². The fourth-order valence-electron chi connectivity index (χ4n) is 4.54. The van der Waals surface area contributed by atoms with Crippen molar-refractivity contribution >= 4 is 17.7 Å². The number of rotatable bonds is 12. The highest BCUT2D eigenvalue weighted by atomic mass is 16.5. The van der Waals surface area contributed by atoms with Gasteiger partial charge in [0.1, 0.15) is 12.4 Å². The van der Waals surface area contributed by atoms with Gasteiger partial charge in [0.15, 0.2) is 0 Å². The topological polar surface area (TPSA) is 81.7 Å². The molecule has 0 amide bonds. The average Bonchev–Trinajstić information content (AvgIpc) is 2.92. The average molecular weight is 527 g/mol. The van der Waals surface area contributed by atoms with E-state index in [0.717, 1.165) is 63.5 Å². The van der Waals surface area contributed by atoms with Crippen LogP contribution in [0.3, 0.4) is 0 Å². The van der Waals surface area contributed by atoms with E-state index in [2.05, 4.69) is 47.4 Å². The van der Waals surface area contributed by atoms with E-state index in [1.807, 2.05) is 57.2 Å². The Kier molecular flexibility index (Phi) is 17.1. The number of anilines is 2. The van der Waals surface area contributed by atoms with Crippen molar-refractivity contribution in [2.24, 2.45) is 0 Å². The smallest absolute Gasteiger partial charge is 0.217 e. The van der Waals surface area contributed by atoms with Crippen molar-refractivity contribution in [2.45, 2.75) is 73.8 Å². The number of pyridine rings is 1. The standard InChI is InChI=1S/C21H39N5O.C8H9N.C2H6/c1-5-8-10-26(9-6-2)19-15-20(22)23-21(16-19)27-14-13-24-11-12-25(7-3)18(4)17-24;1-7-3-2-4-8(5-7)6-9;1-2/h15-16,18H,5-14,17H2,1-4H3,(H2,22,23);2-6,9H,1H3;1-2H3/t18-;;/m0../s1. The zero-order valence-corrected chi connectivity index (χ0v) is 25.2. The lowest BCUT2D eigenvalue weighted by Gasteiger charge is -2.39. The molecule has 7 heteroatoms. The molecule has 1 aromatic heterocycles. The zero-order chi connectivity index (χ0) is 28.3. The molecule has 38 heavy (non-hydrogen) atoms. The van der Waals surface area contributed by atoms with Crippen molar-refractivity contribution in [1.29, 1.82) is 5.41 Å². The van der Waals surface area contributed by atoms with Gasteiger partial charge in [0.05, 0.1) is 0 Å². The van der Waals surface area contributed by atoms with Crippen LogP contribution in [-0.4, -0.2) is 79.5 Å². The number of piperazine rings is 1. The number of aryl methyl sites for hydroxylation is 1. The minimum atomic E-state index is 0.533. The molecule has 1 saturated heterocycles. The van der Waals surface area contributed by atoms with Crippen LogP contribution in [0.1, 0.15) is 71.9 Å². The van der Waals surface area contributed by atoms with Gasteiger partial charge in [-0.1, -0.05) is 70.9 Å². The zero-order valence-electron chi connectivity index (χ0n) is 25.2. The molecule has 1 aliphatic heterocycles. The Labute approximate surface area is 232 Å². The molecule has 0 unspecified atom stereocenters. The normalized spacial score (nSPS) is 15.5. The molecular weight excluding hydrogens is 472 g/mol. The quantitative estimate of drug-likeness (QED) is 0.325. The monoisotopic (exact) mass is 526 g/mol. The first kappa shape index (κ1) is 33.4. The largest absolute Gasteiger partial charge is 0.476 e. The fraction of sp³-hybridized carbons (Fsp3) is 0.613. The van der Waals surface area contributed by atoms with Gasteiger partial charge in [-0.25, -0.2) is 0 Å². The lowest BCUT2D eigenvalue weighted by atomic mass is 10.2. The minimum absolute atomic E-state index is 0.533. The summed E-state index contributed by atoms with van der Waals surface area (Å²) in [5, 5.41) is 6.92. The Bertz CT molecular complexity index is 906. The summed E-state index contributed by atoms with van der Waals surface area (Å²) in [6, 6.07) is 12.5. The summed E-state index contributed by atoms with van der Waals surface area (Å²) >= 11 is 0. The van der Waals surface area contributed by atoms with E-state index >= 15 is 0 Å². The second kappa shape index (κ2) is 19.4. The molecule has 3 N–H and O–H groups in total. The number of hydrogen-bond donors (Lipinski definition) is 2. The maximum absolute atomic E-state index is 6.92. The van der Waals surface area contributed by atoms with Crippen LogP contribution in [0.4, 0.5) is 11.5 Å². The molecule has 1 fully saturated rings. The summed E-state index contributed by atoms with van der Waals surface area (Å²) in [5.74, 6) is 1.17. The third-order valence-corrected chi connectivity index (χ3v) is 6.57. The van der Waals surface area contributed by atoms with E-state index in [9.17, 15) is 0 Å². The molecule has 1 atom stereocenters. The fourth-order valence-corrected chi connectivity index (χ4v) is 4.54. The number of nitrogens with one attached hydrogen (secondary N) is 1. The summed E-state index contributed by atoms with van der Waals surface area (Å²) in [5.41, 5.74) is 9.35. The molecule has 2 heterocycles. The predicted octanol–water partition coefficient (Wildman–Crippen LogP) is 6.10. The number of unbranched alkanes of at least 4 members (excludes halogenated alkanes) is 1. The van der Waals surface area contributed by atoms with Crippen LogP contribution in [0, 0.1) is 12.3 Å². The van der Waals surface area contributed by atoms with Crippen LogP contribution in [-0.2, 0) is 0 Å². The van der Waals surface area contributed by atoms with Gasteiger partial charge in [-0.05, 0) is 38.8 Å². The van der Waals surface area contributed by atoms with E-state index in [1.54, 1.807) is 0 Å². The van der Waals surface area contributed by atoms with Crippen LogP contribution in [0.2, 0.25) is 0 Å². The molecule has 0 aliphatic carbocycles. The number of benzene rings is 1. The minimum Gasteiger partial charge on any atom is -0.476 e. The molecule has 0 radical (unpaired) electrons. The van der Waals surface area contributed by atoms with Crippen LogP contribution in [0.25, 0.3) is 0 Å². The van der Waals surface area contributed by atoms with E-state index in [4.69, 9.17) is 15.9 Å². The van der Waals surface area contributed by atoms with Crippen LogP contribution in [0.5, 0.6) is 5.88 Å². The molecule has 1 aromatic carbocycles. The number of nitrogen functional groups attached to an aromatic ring is 1. The van der Waals surface area contributed by atoms with Gasteiger partial charge >= 0.3 is 0 Å². The van der Waals surface area contributed by atoms with E-state index < -0.39 is 0 Å². The maximum Gasteiger partial charge on any atom is 0.217 e. The van der Waals surface area contributed by atoms with Gasteiger partial charge in [0.2, 0.25) is 5.88 Å².